The summed E-state index contributed by atoms with van der Waals surface area (Å²) in [5.41, 5.74) is 8.60. The van der Waals surface area contributed by atoms with Crippen LogP contribution in [0, 0.1) is 5.92 Å². The Labute approximate surface area is 197 Å². The van der Waals surface area contributed by atoms with E-state index in [9.17, 15) is 4.79 Å². The highest BCUT2D eigenvalue weighted by atomic mass is 32.2. The van der Waals surface area contributed by atoms with Gasteiger partial charge in [-0.25, -0.2) is 15.0 Å². The van der Waals surface area contributed by atoms with Gasteiger partial charge in [0.05, 0.1) is 0 Å². The van der Waals surface area contributed by atoms with Crippen molar-refractivity contribution in [1.29, 1.82) is 0 Å². The second kappa shape index (κ2) is 9.13. The van der Waals surface area contributed by atoms with Gasteiger partial charge in [-0.05, 0) is 37.3 Å². The van der Waals surface area contributed by atoms with Crippen molar-refractivity contribution in [2.24, 2.45) is 5.92 Å². The molecule has 5 rings (SSSR count). The molecule has 1 amide bonds. The maximum Gasteiger partial charge on any atom is 0.219 e. The zero-order valence-electron chi connectivity index (χ0n) is 18.9. The maximum absolute atomic E-state index is 11.6. The van der Waals surface area contributed by atoms with E-state index >= 15 is 0 Å². The van der Waals surface area contributed by atoms with Crippen molar-refractivity contribution >= 4 is 48.0 Å². The number of hydrogen-bond donors (Lipinski definition) is 1. The van der Waals surface area contributed by atoms with Crippen molar-refractivity contribution in [3.63, 3.8) is 0 Å². The summed E-state index contributed by atoms with van der Waals surface area (Å²) < 4.78 is 13.6. The fraction of sp³-hybridized carbons (Fsp3) is 0.455. The molecule has 1 fully saturated rings. The Hall–Kier alpha value is -2.95. The van der Waals surface area contributed by atoms with E-state index in [0.717, 1.165) is 71.6 Å². The van der Waals surface area contributed by atoms with Crippen molar-refractivity contribution < 1.29 is 14.3 Å². The van der Waals surface area contributed by atoms with E-state index in [-0.39, 0.29) is 5.91 Å². The number of nitrogens with zero attached hydrogens (tertiary/aromatic N) is 5. The first-order chi connectivity index (χ1) is 16.0. The van der Waals surface area contributed by atoms with Crippen molar-refractivity contribution in [1.82, 2.24) is 24.4 Å². The van der Waals surface area contributed by atoms with Crippen molar-refractivity contribution in [3.05, 3.63) is 18.5 Å². The first kappa shape index (κ1) is 21.9. The van der Waals surface area contributed by atoms with Gasteiger partial charge in [-0.1, -0.05) is 17.2 Å². The number of rotatable bonds is 5. The molecule has 1 saturated heterocycles. The molecule has 1 aromatic carbocycles. The number of nitrogens with two attached hydrogens (primary N) is 1. The van der Waals surface area contributed by atoms with E-state index in [0.29, 0.717) is 30.5 Å². The molecule has 2 aromatic heterocycles. The van der Waals surface area contributed by atoms with E-state index in [1.54, 1.807) is 18.7 Å². The Kier molecular flexibility index (Phi) is 6.05. The molecule has 172 valence electrons. The van der Waals surface area contributed by atoms with Gasteiger partial charge < -0.3 is 24.7 Å². The van der Waals surface area contributed by atoms with Crippen molar-refractivity contribution in [2.75, 3.05) is 32.0 Å². The first-order valence-corrected chi connectivity index (χ1v) is 12.1. The van der Waals surface area contributed by atoms with Crippen LogP contribution in [0.2, 0.25) is 0 Å². The fourth-order valence-electron chi connectivity index (χ4n) is 4.44. The van der Waals surface area contributed by atoms with Crippen LogP contribution in [0.15, 0.2) is 28.5 Å². The summed E-state index contributed by atoms with van der Waals surface area (Å²) in [4.78, 5) is 28.0. The average Bonchev–Trinajstić information content (AvgIpc) is 3.17. The number of carbonyl (C=O) groups excluding carboxylic acids is 1. The van der Waals surface area contributed by atoms with Crippen LogP contribution in [0.1, 0.15) is 26.2 Å². The van der Waals surface area contributed by atoms with Crippen LogP contribution in [0.3, 0.4) is 0 Å². The third-order valence-corrected chi connectivity index (χ3v) is 7.54. The molecule has 2 aliphatic heterocycles. The number of likely N-dealkylation sites (tertiary alicyclic amines) is 1. The number of amides is 1. The maximum atomic E-state index is 11.6. The number of benzene rings is 1. The van der Waals surface area contributed by atoms with E-state index in [1.807, 2.05) is 17.0 Å². The summed E-state index contributed by atoms with van der Waals surface area (Å²) in [5.74, 6) is 2.65. The van der Waals surface area contributed by atoms with Gasteiger partial charge in [0.25, 0.3) is 0 Å². The fourth-order valence-corrected chi connectivity index (χ4v) is 5.45. The van der Waals surface area contributed by atoms with Crippen LogP contribution in [-0.4, -0.2) is 64.5 Å². The molecule has 0 bridgehead atoms. The average molecular weight is 466 g/mol. The molecule has 0 aliphatic carbocycles. The van der Waals surface area contributed by atoms with Gasteiger partial charge in [0.2, 0.25) is 5.91 Å². The summed E-state index contributed by atoms with van der Waals surface area (Å²) in [6, 6.07) is 4.03. The number of anilines is 1. The van der Waals surface area contributed by atoms with Gasteiger partial charge in [0, 0.05) is 31.5 Å². The summed E-state index contributed by atoms with van der Waals surface area (Å²) in [6.07, 6.45) is 4.53. The van der Waals surface area contributed by atoms with Crippen LogP contribution in [0.4, 0.5) is 5.82 Å². The molecule has 2 aliphatic rings. The van der Waals surface area contributed by atoms with Crippen molar-refractivity contribution in [2.45, 2.75) is 42.8 Å². The number of nitrogen functional groups attached to an aromatic ring is 1. The molecule has 11 heteroatoms. The van der Waals surface area contributed by atoms with Crippen molar-refractivity contribution in [3.8, 4) is 11.5 Å². The molecular weight excluding hydrogens is 439 g/mol. The number of imidazole rings is 1. The van der Waals surface area contributed by atoms with Crippen LogP contribution >= 0.6 is 11.8 Å². The third kappa shape index (κ3) is 4.46. The smallest absolute Gasteiger partial charge is 0.219 e. The van der Waals surface area contributed by atoms with Gasteiger partial charge in [0.15, 0.2) is 33.6 Å². The summed E-state index contributed by atoms with van der Waals surface area (Å²) >= 11 is 1.58. The van der Waals surface area contributed by atoms with Crippen LogP contribution in [0.25, 0.3) is 11.2 Å². The molecule has 0 saturated carbocycles. The standard InChI is InChI=1S/C22H27BN6O3S/c1-13(30)28-5-2-14(3-6-28)4-7-29-21-19(20(24)25-12-26-21)27-22(29)33-18-11-17-16(10-15(18)23)31-8-9-32-17/h10-12,14H,2-9,23H2,1H3,(H2,24,25,26). The van der Waals surface area contributed by atoms with E-state index in [2.05, 4.69) is 22.4 Å². The van der Waals surface area contributed by atoms with Gasteiger partial charge >= 0.3 is 0 Å². The van der Waals surface area contributed by atoms with Crippen LogP contribution in [0.5, 0.6) is 11.5 Å². The van der Waals surface area contributed by atoms with Gasteiger partial charge in [0.1, 0.15) is 27.4 Å². The lowest BCUT2D eigenvalue weighted by Gasteiger charge is -2.31. The predicted molar refractivity (Wildman–Crippen MR) is 129 cm³/mol. The number of piperidine rings is 1. The molecule has 0 atom stereocenters. The first-order valence-electron chi connectivity index (χ1n) is 11.3. The minimum absolute atomic E-state index is 0.162. The molecule has 4 heterocycles. The highest BCUT2D eigenvalue weighted by Gasteiger charge is 2.23. The lowest BCUT2D eigenvalue weighted by atomic mass is 9.93. The van der Waals surface area contributed by atoms with E-state index in [4.69, 9.17) is 20.2 Å². The number of hydrogen-bond acceptors (Lipinski definition) is 8. The topological polar surface area (TPSA) is 108 Å². The molecule has 0 spiro atoms. The highest BCUT2D eigenvalue weighted by molar-refractivity contribution is 7.99. The Morgan fingerprint density at radius 3 is 2.67 bits per heavy atom. The monoisotopic (exact) mass is 466 g/mol. The van der Waals surface area contributed by atoms with Gasteiger partial charge in [-0.15, -0.1) is 0 Å². The second-order valence-corrected chi connectivity index (χ2v) is 9.59. The largest absolute Gasteiger partial charge is 0.486 e. The molecule has 0 unspecified atom stereocenters. The normalized spacial score (nSPS) is 16.3. The summed E-state index contributed by atoms with van der Waals surface area (Å²) in [6.45, 7) is 5.20. The van der Waals surface area contributed by atoms with Gasteiger partial charge in [-0.2, -0.15) is 0 Å². The van der Waals surface area contributed by atoms with Gasteiger partial charge in [-0.3, -0.25) is 4.79 Å². The van der Waals surface area contributed by atoms with Crippen LogP contribution < -0.4 is 20.7 Å². The Balaban J connectivity index is 1.40. The molecule has 2 N–H and O–H groups in total. The zero-order valence-corrected chi connectivity index (χ0v) is 19.7. The molecule has 9 nitrogen and oxygen atoms in total. The SMILES string of the molecule is Bc1cc2c(cc1Sc1nc3c(N)ncnc3n1CCC1CCN(C(C)=O)CC1)OCCO2. The number of ether oxygens (including phenoxy) is 2. The molecular formula is C22H27BN6O3S. The predicted octanol–water partition coefficient (Wildman–Crippen LogP) is 1.24. The van der Waals surface area contributed by atoms with Crippen LogP contribution in [-0.2, 0) is 11.3 Å². The molecule has 3 aromatic rings. The van der Waals surface area contributed by atoms with E-state index < -0.39 is 0 Å². The number of aryl methyl sites for hydroxylation is 1. The number of aromatic nitrogens is 4. The lowest BCUT2D eigenvalue weighted by Crippen LogP contribution is -2.37. The minimum Gasteiger partial charge on any atom is -0.486 e. The Morgan fingerprint density at radius 2 is 1.94 bits per heavy atom. The second-order valence-electron chi connectivity index (χ2n) is 8.58. The minimum atomic E-state index is 0.162. The quantitative estimate of drug-likeness (QED) is 0.560. The van der Waals surface area contributed by atoms with E-state index in [1.165, 1.54) is 6.33 Å². The number of fused-ring (bicyclic) bond motifs is 2. The Bertz CT molecular complexity index is 1190. The Morgan fingerprint density at radius 1 is 1.21 bits per heavy atom. The zero-order chi connectivity index (χ0) is 22.9. The lowest BCUT2D eigenvalue weighted by molar-refractivity contribution is -0.130. The number of carbonyl (C=O) groups is 1. The summed E-state index contributed by atoms with van der Waals surface area (Å²) in [7, 11) is 2.06. The summed E-state index contributed by atoms with van der Waals surface area (Å²) in [5, 5.41) is 0.832. The molecule has 33 heavy (non-hydrogen) atoms. The third-order valence-electron chi connectivity index (χ3n) is 6.39. The molecule has 0 radical (unpaired) electrons. The highest BCUT2D eigenvalue weighted by Crippen LogP contribution is 2.37.